The molecular weight excluding hydrogens is 208 g/mol. The van der Waals surface area contributed by atoms with E-state index in [1.807, 2.05) is 36.6 Å². The second-order valence-electron chi connectivity index (χ2n) is 3.07. The second kappa shape index (κ2) is 5.42. The Bertz CT molecular complexity index is 381. The predicted molar refractivity (Wildman–Crippen MR) is 61.6 cm³/mol. The van der Waals surface area contributed by atoms with Gasteiger partial charge in [0.25, 0.3) is 0 Å². The second-order valence-corrected chi connectivity index (χ2v) is 3.95. The molecule has 0 aromatic heterocycles. The number of carbonyl (C=O) groups is 1. The number of nitrogens with zero attached hydrogens (tertiary/aromatic N) is 1. The van der Waals surface area contributed by atoms with Crippen LogP contribution in [0.1, 0.15) is 6.92 Å². The smallest absolute Gasteiger partial charge is 0.241 e. The van der Waals surface area contributed by atoms with E-state index < -0.39 is 5.92 Å². The van der Waals surface area contributed by atoms with Gasteiger partial charge in [0.2, 0.25) is 5.91 Å². The van der Waals surface area contributed by atoms with Crippen molar-refractivity contribution in [1.29, 1.82) is 5.26 Å². The summed E-state index contributed by atoms with van der Waals surface area (Å²) in [6, 6.07) is 9.40. The maximum atomic E-state index is 11.4. The van der Waals surface area contributed by atoms with Gasteiger partial charge < -0.3 is 5.32 Å². The number of carbonyl (C=O) groups excluding carboxylic acids is 1. The van der Waals surface area contributed by atoms with E-state index in [9.17, 15) is 4.79 Å². The quantitative estimate of drug-likeness (QED) is 0.796. The standard InChI is InChI=1S/C11H12N2OS/c1-8(7-12)11(14)13-9-3-5-10(15-2)6-4-9/h3-6,8H,1-2H3,(H,13,14). The van der Waals surface area contributed by atoms with Gasteiger partial charge in [-0.3, -0.25) is 4.79 Å². The Kier molecular flexibility index (Phi) is 4.19. The summed E-state index contributed by atoms with van der Waals surface area (Å²) in [7, 11) is 0. The maximum absolute atomic E-state index is 11.4. The van der Waals surface area contributed by atoms with Crippen LogP contribution >= 0.6 is 11.8 Å². The summed E-state index contributed by atoms with van der Waals surface area (Å²) in [5.74, 6) is -0.889. The van der Waals surface area contributed by atoms with E-state index >= 15 is 0 Å². The lowest BCUT2D eigenvalue weighted by atomic mass is 10.2. The summed E-state index contributed by atoms with van der Waals surface area (Å²) >= 11 is 1.64. The molecule has 1 aromatic carbocycles. The fraction of sp³-hybridized carbons (Fsp3) is 0.273. The Morgan fingerprint density at radius 2 is 2.07 bits per heavy atom. The van der Waals surface area contributed by atoms with Gasteiger partial charge in [0.05, 0.1) is 6.07 Å². The minimum Gasteiger partial charge on any atom is -0.325 e. The molecule has 0 aliphatic carbocycles. The largest absolute Gasteiger partial charge is 0.325 e. The Morgan fingerprint density at radius 1 is 1.47 bits per heavy atom. The number of hydrogen-bond acceptors (Lipinski definition) is 3. The van der Waals surface area contributed by atoms with E-state index in [2.05, 4.69) is 5.32 Å². The molecule has 78 valence electrons. The number of rotatable bonds is 3. The molecule has 0 fully saturated rings. The number of benzene rings is 1. The van der Waals surface area contributed by atoms with Crippen LogP contribution in [0.25, 0.3) is 0 Å². The first kappa shape index (κ1) is 11.6. The zero-order valence-corrected chi connectivity index (χ0v) is 9.47. The highest BCUT2D eigenvalue weighted by Crippen LogP contribution is 2.17. The summed E-state index contributed by atoms with van der Waals surface area (Å²) in [4.78, 5) is 12.5. The van der Waals surface area contributed by atoms with Crippen LogP contribution in [0.2, 0.25) is 0 Å². The normalized spacial score (nSPS) is 11.5. The van der Waals surface area contributed by atoms with Crippen molar-refractivity contribution < 1.29 is 4.79 Å². The molecule has 0 saturated heterocycles. The average molecular weight is 220 g/mol. The van der Waals surface area contributed by atoms with Crippen LogP contribution in [0, 0.1) is 17.2 Å². The molecule has 1 rings (SSSR count). The van der Waals surface area contributed by atoms with Gasteiger partial charge in [-0.15, -0.1) is 11.8 Å². The molecule has 1 N–H and O–H groups in total. The third kappa shape index (κ3) is 3.30. The first-order chi connectivity index (χ1) is 7.17. The lowest BCUT2D eigenvalue weighted by molar-refractivity contribution is -0.117. The number of nitrogens with one attached hydrogen (secondary N) is 1. The fourth-order valence-corrected chi connectivity index (χ4v) is 1.39. The first-order valence-corrected chi connectivity index (χ1v) is 5.74. The Balaban J connectivity index is 2.66. The molecular formula is C11H12N2OS. The molecule has 0 aliphatic heterocycles. The van der Waals surface area contributed by atoms with Gasteiger partial charge in [0, 0.05) is 10.6 Å². The molecule has 1 aromatic rings. The van der Waals surface area contributed by atoms with Crippen molar-refractivity contribution in [2.24, 2.45) is 5.92 Å². The van der Waals surface area contributed by atoms with Crippen molar-refractivity contribution in [3.8, 4) is 6.07 Å². The van der Waals surface area contributed by atoms with Crippen molar-refractivity contribution >= 4 is 23.4 Å². The third-order valence-electron chi connectivity index (χ3n) is 1.94. The Morgan fingerprint density at radius 3 is 2.53 bits per heavy atom. The summed E-state index contributed by atoms with van der Waals surface area (Å²) in [5, 5.41) is 11.2. The van der Waals surface area contributed by atoms with Gasteiger partial charge in [-0.2, -0.15) is 5.26 Å². The lowest BCUT2D eigenvalue weighted by Crippen LogP contribution is -2.18. The molecule has 0 spiro atoms. The third-order valence-corrected chi connectivity index (χ3v) is 2.69. The number of nitriles is 1. The highest BCUT2D eigenvalue weighted by molar-refractivity contribution is 7.98. The van der Waals surface area contributed by atoms with Crippen LogP contribution in [0.5, 0.6) is 0 Å². The van der Waals surface area contributed by atoms with Crippen molar-refractivity contribution in [3.63, 3.8) is 0 Å². The lowest BCUT2D eigenvalue weighted by Gasteiger charge is -2.06. The van der Waals surface area contributed by atoms with Crippen molar-refractivity contribution in [1.82, 2.24) is 0 Å². The number of hydrogen-bond donors (Lipinski definition) is 1. The number of thioether (sulfide) groups is 1. The van der Waals surface area contributed by atoms with Crippen LogP contribution in [0.15, 0.2) is 29.2 Å². The Hall–Kier alpha value is -1.47. The van der Waals surface area contributed by atoms with Crippen LogP contribution < -0.4 is 5.32 Å². The number of amides is 1. The molecule has 0 aliphatic rings. The van der Waals surface area contributed by atoms with Gasteiger partial charge >= 0.3 is 0 Å². The van der Waals surface area contributed by atoms with Gasteiger partial charge in [-0.05, 0) is 37.4 Å². The molecule has 0 heterocycles. The molecule has 1 atom stereocenters. The maximum Gasteiger partial charge on any atom is 0.241 e. The zero-order valence-electron chi connectivity index (χ0n) is 8.65. The first-order valence-electron chi connectivity index (χ1n) is 4.52. The van der Waals surface area contributed by atoms with Crippen molar-refractivity contribution in [3.05, 3.63) is 24.3 Å². The molecule has 1 amide bonds. The van der Waals surface area contributed by atoms with E-state index in [1.54, 1.807) is 18.7 Å². The van der Waals surface area contributed by atoms with Crippen molar-refractivity contribution in [2.75, 3.05) is 11.6 Å². The SMILES string of the molecule is CSc1ccc(NC(=O)C(C)C#N)cc1. The molecule has 15 heavy (non-hydrogen) atoms. The number of anilines is 1. The summed E-state index contributed by atoms with van der Waals surface area (Å²) in [5.41, 5.74) is 0.722. The highest BCUT2D eigenvalue weighted by Gasteiger charge is 2.10. The molecule has 0 bridgehead atoms. The van der Waals surface area contributed by atoms with E-state index in [-0.39, 0.29) is 5.91 Å². The summed E-state index contributed by atoms with van der Waals surface area (Å²) in [6.45, 7) is 1.57. The average Bonchev–Trinajstić information content (AvgIpc) is 2.29. The van der Waals surface area contributed by atoms with Gasteiger partial charge in [0.15, 0.2) is 0 Å². The topological polar surface area (TPSA) is 52.9 Å². The molecule has 4 heteroatoms. The zero-order chi connectivity index (χ0) is 11.3. The van der Waals surface area contributed by atoms with Crippen LogP contribution in [-0.4, -0.2) is 12.2 Å². The van der Waals surface area contributed by atoms with Crippen LogP contribution in [-0.2, 0) is 4.79 Å². The van der Waals surface area contributed by atoms with E-state index in [0.29, 0.717) is 0 Å². The minimum atomic E-state index is -0.620. The molecule has 3 nitrogen and oxygen atoms in total. The molecule has 0 saturated carbocycles. The van der Waals surface area contributed by atoms with E-state index in [4.69, 9.17) is 5.26 Å². The van der Waals surface area contributed by atoms with Gasteiger partial charge in [0.1, 0.15) is 5.92 Å². The van der Waals surface area contributed by atoms with Crippen LogP contribution in [0.4, 0.5) is 5.69 Å². The van der Waals surface area contributed by atoms with E-state index in [1.165, 1.54) is 0 Å². The summed E-state index contributed by atoms with van der Waals surface area (Å²) in [6.07, 6.45) is 1.99. The fourth-order valence-electron chi connectivity index (χ4n) is 0.983. The van der Waals surface area contributed by atoms with Gasteiger partial charge in [-0.25, -0.2) is 0 Å². The summed E-state index contributed by atoms with van der Waals surface area (Å²) < 4.78 is 0. The minimum absolute atomic E-state index is 0.269. The molecule has 1 unspecified atom stereocenters. The molecule has 0 radical (unpaired) electrons. The monoisotopic (exact) mass is 220 g/mol. The van der Waals surface area contributed by atoms with Crippen LogP contribution in [0.3, 0.4) is 0 Å². The predicted octanol–water partition coefficient (Wildman–Crippen LogP) is 2.51. The highest BCUT2D eigenvalue weighted by atomic mass is 32.2. The van der Waals surface area contributed by atoms with E-state index in [0.717, 1.165) is 10.6 Å². The van der Waals surface area contributed by atoms with Gasteiger partial charge in [-0.1, -0.05) is 0 Å². The van der Waals surface area contributed by atoms with Crippen molar-refractivity contribution in [2.45, 2.75) is 11.8 Å². The Labute approximate surface area is 93.5 Å².